The second kappa shape index (κ2) is 8.67. The average Bonchev–Trinajstić information content (AvgIpc) is 3.36. The van der Waals surface area contributed by atoms with Crippen molar-refractivity contribution in [2.24, 2.45) is 0 Å². The summed E-state index contributed by atoms with van der Waals surface area (Å²) in [6.45, 7) is 6.31. The highest BCUT2D eigenvalue weighted by Crippen LogP contribution is 2.32. The number of hydrogen-bond donors (Lipinski definition) is 1. The number of aromatic nitrogens is 2. The molecule has 2 aromatic carbocycles. The van der Waals surface area contributed by atoms with Crippen molar-refractivity contribution in [3.05, 3.63) is 64.7 Å². The van der Waals surface area contributed by atoms with E-state index >= 15 is 0 Å². The Kier molecular flexibility index (Phi) is 6.01. The molecular weight excluding hydrogens is 398 g/mol. The second-order valence-electron chi connectivity index (χ2n) is 7.74. The van der Waals surface area contributed by atoms with Gasteiger partial charge >= 0.3 is 0 Å². The fourth-order valence-electron chi connectivity index (χ4n) is 3.55. The van der Waals surface area contributed by atoms with Crippen molar-refractivity contribution >= 4 is 39.7 Å². The SMILES string of the molecule is CC(C)c1ccc(Nc2nnc(S[C@H](C)C(=O)c3ccc4c(c3)CCC4)s2)cc1. The lowest BCUT2D eigenvalue weighted by Gasteiger charge is -2.09. The maximum absolute atomic E-state index is 12.9. The molecule has 29 heavy (non-hydrogen) atoms. The van der Waals surface area contributed by atoms with Crippen LogP contribution in [-0.4, -0.2) is 21.2 Å². The number of nitrogens with zero attached hydrogens (tertiary/aromatic N) is 2. The predicted octanol–water partition coefficient (Wildman–Crippen LogP) is 6.26. The zero-order valence-electron chi connectivity index (χ0n) is 16.9. The van der Waals surface area contributed by atoms with Crippen LogP contribution in [0.3, 0.4) is 0 Å². The number of fused-ring (bicyclic) bond motifs is 1. The Morgan fingerprint density at radius 1 is 1.03 bits per heavy atom. The van der Waals surface area contributed by atoms with Gasteiger partial charge in [-0.2, -0.15) is 0 Å². The zero-order valence-corrected chi connectivity index (χ0v) is 18.6. The third-order valence-corrected chi connectivity index (χ3v) is 7.29. The van der Waals surface area contributed by atoms with E-state index in [1.807, 2.05) is 13.0 Å². The Morgan fingerprint density at radius 3 is 2.55 bits per heavy atom. The molecule has 1 aliphatic rings. The monoisotopic (exact) mass is 423 g/mol. The Bertz CT molecular complexity index is 1010. The summed E-state index contributed by atoms with van der Waals surface area (Å²) in [5, 5.41) is 12.3. The van der Waals surface area contributed by atoms with Crippen LogP contribution in [0.15, 0.2) is 46.8 Å². The van der Waals surface area contributed by atoms with Crippen molar-refractivity contribution in [1.82, 2.24) is 10.2 Å². The molecular formula is C23H25N3OS2. The van der Waals surface area contributed by atoms with E-state index in [9.17, 15) is 4.79 Å². The first kappa shape index (κ1) is 20.1. The van der Waals surface area contributed by atoms with Gasteiger partial charge in [-0.15, -0.1) is 10.2 Å². The molecule has 0 saturated heterocycles. The number of rotatable bonds is 7. The van der Waals surface area contributed by atoms with E-state index in [4.69, 9.17) is 0 Å². The van der Waals surface area contributed by atoms with Gasteiger partial charge in [0.25, 0.3) is 0 Å². The van der Waals surface area contributed by atoms with Crippen molar-refractivity contribution in [1.29, 1.82) is 0 Å². The highest BCUT2D eigenvalue weighted by molar-refractivity contribution is 8.02. The lowest BCUT2D eigenvalue weighted by Crippen LogP contribution is -2.13. The van der Waals surface area contributed by atoms with Gasteiger partial charge in [0.1, 0.15) is 0 Å². The van der Waals surface area contributed by atoms with Crippen LogP contribution in [0.2, 0.25) is 0 Å². The molecule has 1 atom stereocenters. The Morgan fingerprint density at radius 2 is 1.79 bits per heavy atom. The van der Waals surface area contributed by atoms with Crippen LogP contribution in [0.4, 0.5) is 10.8 Å². The summed E-state index contributed by atoms with van der Waals surface area (Å²) in [5.74, 6) is 0.664. The third kappa shape index (κ3) is 4.70. The molecule has 0 radical (unpaired) electrons. The number of Topliss-reactive ketones (excluding diaryl/α,β-unsaturated/α-hetero) is 1. The molecule has 0 fully saturated rings. The molecule has 4 nitrogen and oxygen atoms in total. The number of aryl methyl sites for hydroxylation is 2. The molecule has 150 valence electrons. The maximum atomic E-state index is 12.9. The molecule has 1 aliphatic carbocycles. The minimum Gasteiger partial charge on any atom is -0.330 e. The Labute approximate surface area is 180 Å². The number of anilines is 2. The Balaban J connectivity index is 1.38. The Hall–Kier alpha value is -2.18. The topological polar surface area (TPSA) is 54.9 Å². The van der Waals surface area contributed by atoms with E-state index in [0.29, 0.717) is 5.92 Å². The fourth-order valence-corrected chi connectivity index (χ4v) is 5.54. The average molecular weight is 424 g/mol. The van der Waals surface area contributed by atoms with E-state index in [1.165, 1.54) is 46.2 Å². The van der Waals surface area contributed by atoms with E-state index in [1.54, 1.807) is 0 Å². The predicted molar refractivity (Wildman–Crippen MR) is 122 cm³/mol. The molecule has 1 N–H and O–H groups in total. The van der Waals surface area contributed by atoms with Crippen molar-refractivity contribution in [2.45, 2.75) is 55.5 Å². The fraction of sp³-hybridized carbons (Fsp3) is 0.348. The van der Waals surface area contributed by atoms with Crippen LogP contribution in [0, 0.1) is 0 Å². The minimum absolute atomic E-state index is 0.152. The largest absolute Gasteiger partial charge is 0.330 e. The van der Waals surface area contributed by atoms with E-state index in [0.717, 1.165) is 33.6 Å². The molecule has 1 aromatic heterocycles. The quantitative estimate of drug-likeness (QED) is 0.359. The van der Waals surface area contributed by atoms with Gasteiger partial charge < -0.3 is 5.32 Å². The number of thioether (sulfide) groups is 1. The van der Waals surface area contributed by atoms with Gasteiger partial charge in [0.15, 0.2) is 10.1 Å². The molecule has 0 spiro atoms. The van der Waals surface area contributed by atoms with Crippen molar-refractivity contribution in [3.63, 3.8) is 0 Å². The zero-order chi connectivity index (χ0) is 20.4. The molecule has 0 saturated carbocycles. The highest BCUT2D eigenvalue weighted by Gasteiger charge is 2.21. The molecule has 1 heterocycles. The number of hydrogen-bond acceptors (Lipinski definition) is 6. The summed E-state index contributed by atoms with van der Waals surface area (Å²) < 4.78 is 0.799. The number of carbonyl (C=O) groups is 1. The lowest BCUT2D eigenvalue weighted by molar-refractivity contribution is 0.0994. The van der Waals surface area contributed by atoms with Gasteiger partial charge in [0, 0.05) is 11.3 Å². The van der Waals surface area contributed by atoms with E-state index in [2.05, 4.69) is 65.8 Å². The maximum Gasteiger partial charge on any atom is 0.210 e. The van der Waals surface area contributed by atoms with Crippen LogP contribution in [0.25, 0.3) is 0 Å². The summed E-state index contributed by atoms with van der Waals surface area (Å²) in [7, 11) is 0. The molecule has 0 aliphatic heterocycles. The minimum atomic E-state index is -0.194. The van der Waals surface area contributed by atoms with Gasteiger partial charge in [0.2, 0.25) is 5.13 Å². The van der Waals surface area contributed by atoms with Crippen LogP contribution in [-0.2, 0) is 12.8 Å². The summed E-state index contributed by atoms with van der Waals surface area (Å²) in [5.41, 5.74) is 5.83. The van der Waals surface area contributed by atoms with Gasteiger partial charge in [-0.05, 0) is 67.0 Å². The van der Waals surface area contributed by atoms with Gasteiger partial charge in [-0.25, -0.2) is 0 Å². The first-order valence-corrected chi connectivity index (χ1v) is 11.7. The van der Waals surface area contributed by atoms with E-state index in [-0.39, 0.29) is 11.0 Å². The summed E-state index contributed by atoms with van der Waals surface area (Å²) in [6.07, 6.45) is 3.41. The van der Waals surface area contributed by atoms with Crippen LogP contribution < -0.4 is 5.32 Å². The van der Waals surface area contributed by atoms with Crippen molar-refractivity contribution < 1.29 is 4.79 Å². The van der Waals surface area contributed by atoms with Crippen LogP contribution in [0.1, 0.15) is 60.2 Å². The standard InChI is InChI=1S/C23H25N3OS2/c1-14(2)16-9-11-20(12-10-16)24-22-25-26-23(29-22)28-15(3)21(27)19-8-7-17-5-4-6-18(17)13-19/h7-15H,4-6H2,1-3H3,(H,24,25)/t15-/m1/s1. The summed E-state index contributed by atoms with van der Waals surface area (Å²) in [4.78, 5) is 12.9. The second-order valence-corrected chi connectivity index (χ2v) is 10.3. The van der Waals surface area contributed by atoms with E-state index < -0.39 is 0 Å². The number of carbonyl (C=O) groups excluding carboxylic acids is 1. The molecule has 0 unspecified atom stereocenters. The highest BCUT2D eigenvalue weighted by atomic mass is 32.2. The van der Waals surface area contributed by atoms with Gasteiger partial charge in [-0.3, -0.25) is 4.79 Å². The molecule has 0 bridgehead atoms. The van der Waals surface area contributed by atoms with Crippen LogP contribution >= 0.6 is 23.1 Å². The molecule has 4 rings (SSSR count). The first-order chi connectivity index (χ1) is 14.0. The number of ketones is 1. The van der Waals surface area contributed by atoms with Gasteiger partial charge in [-0.1, -0.05) is 61.2 Å². The van der Waals surface area contributed by atoms with Gasteiger partial charge in [0.05, 0.1) is 5.25 Å². The van der Waals surface area contributed by atoms with Crippen molar-refractivity contribution in [2.75, 3.05) is 5.32 Å². The molecule has 3 aromatic rings. The van der Waals surface area contributed by atoms with Crippen molar-refractivity contribution in [3.8, 4) is 0 Å². The molecule has 0 amide bonds. The lowest BCUT2D eigenvalue weighted by atomic mass is 10.0. The third-order valence-electron chi connectivity index (χ3n) is 5.26. The van der Waals surface area contributed by atoms with Crippen LogP contribution in [0.5, 0.6) is 0 Å². The first-order valence-electron chi connectivity index (χ1n) is 10.0. The normalized spacial score (nSPS) is 14.1. The number of benzene rings is 2. The summed E-state index contributed by atoms with van der Waals surface area (Å²) in [6, 6.07) is 14.5. The summed E-state index contributed by atoms with van der Waals surface area (Å²) >= 11 is 2.95. The smallest absolute Gasteiger partial charge is 0.210 e. The molecule has 6 heteroatoms. The number of nitrogens with one attached hydrogen (secondary N) is 1.